The summed E-state index contributed by atoms with van der Waals surface area (Å²) in [5.74, 6) is 0.393. The maximum absolute atomic E-state index is 13.5. The Morgan fingerprint density at radius 2 is 2.24 bits per heavy atom. The average Bonchev–Trinajstić information content (AvgIpc) is 2.32. The normalized spacial score (nSPS) is 20.1. The van der Waals surface area contributed by atoms with E-state index < -0.39 is 0 Å². The molecule has 1 heterocycles. The van der Waals surface area contributed by atoms with E-state index in [2.05, 4.69) is 17.1 Å². The number of benzene rings is 1. The van der Waals surface area contributed by atoms with Crippen LogP contribution in [0, 0.1) is 11.7 Å². The van der Waals surface area contributed by atoms with Gasteiger partial charge in [-0.15, -0.1) is 0 Å². The average molecular weight is 252 g/mol. The fraction of sp³-hybridized carbons (Fsp3) is 0.462. The van der Waals surface area contributed by atoms with Crippen LogP contribution in [0.5, 0.6) is 0 Å². The summed E-state index contributed by atoms with van der Waals surface area (Å²) in [4.78, 5) is 2.12. The van der Waals surface area contributed by atoms with Gasteiger partial charge in [0, 0.05) is 13.1 Å². The minimum atomic E-state index is -0.264. The highest BCUT2D eigenvalue weighted by atomic mass is 32.1. The number of anilines is 1. The second-order valence-electron chi connectivity index (χ2n) is 4.60. The van der Waals surface area contributed by atoms with Gasteiger partial charge in [-0.25, -0.2) is 4.39 Å². The molecule has 2 rings (SSSR count). The number of rotatable bonds is 1. The Kier molecular flexibility index (Phi) is 3.94. The molecule has 0 aliphatic carbocycles. The largest absolute Gasteiger partial charge is 0.349 e. The number of nitrogens with zero attached hydrogens (tertiary/aromatic N) is 1. The number of hydrogen-bond donors (Lipinski definition) is 1. The summed E-state index contributed by atoms with van der Waals surface area (Å²) in [7, 11) is 0. The van der Waals surface area contributed by atoms with E-state index >= 15 is 0 Å². The van der Waals surface area contributed by atoms with Crippen molar-refractivity contribution >= 4 is 23.0 Å². The van der Waals surface area contributed by atoms with Gasteiger partial charge in [-0.2, -0.15) is 0 Å². The van der Waals surface area contributed by atoms with Crippen LogP contribution >= 0.6 is 12.2 Å². The number of thiocarbonyl (C=S) groups is 1. The summed E-state index contributed by atoms with van der Waals surface area (Å²) < 4.78 is 13.5. The van der Waals surface area contributed by atoms with Gasteiger partial charge in [-0.05, 0) is 43.1 Å². The van der Waals surface area contributed by atoms with Crippen molar-refractivity contribution in [1.82, 2.24) is 4.90 Å². The molecule has 1 aromatic rings. The fourth-order valence-electron chi connectivity index (χ4n) is 2.13. The highest BCUT2D eigenvalue weighted by molar-refractivity contribution is 7.80. The lowest BCUT2D eigenvalue weighted by Crippen LogP contribution is -2.41. The molecule has 0 spiro atoms. The smallest absolute Gasteiger partial charge is 0.173 e. The number of halogens is 1. The zero-order valence-corrected chi connectivity index (χ0v) is 10.8. The summed E-state index contributed by atoms with van der Waals surface area (Å²) in [6.07, 6.45) is 2.40. The standard InChI is InChI=1S/C13H17FN2S/c1-10-5-4-8-16(9-10)13(17)15-12-7-3-2-6-11(12)14/h2-3,6-7,10H,4-5,8-9H2,1H3,(H,15,17)/t10-/m0/s1. The first-order chi connectivity index (χ1) is 8.16. The summed E-state index contributed by atoms with van der Waals surface area (Å²) in [5.41, 5.74) is 0.454. The lowest BCUT2D eigenvalue weighted by Gasteiger charge is -2.33. The molecule has 1 atom stereocenters. The Balaban J connectivity index is 1.99. The van der Waals surface area contributed by atoms with Gasteiger partial charge in [-0.1, -0.05) is 19.1 Å². The first-order valence-electron chi connectivity index (χ1n) is 5.97. The molecule has 1 fully saturated rings. The molecular weight excluding hydrogens is 235 g/mol. The first kappa shape index (κ1) is 12.3. The molecule has 92 valence electrons. The fourth-order valence-corrected chi connectivity index (χ4v) is 2.41. The molecule has 0 aromatic heterocycles. The quantitative estimate of drug-likeness (QED) is 0.772. The molecule has 1 aliphatic heterocycles. The molecule has 0 unspecified atom stereocenters. The molecule has 0 amide bonds. The van der Waals surface area contributed by atoms with Crippen LogP contribution in [-0.2, 0) is 0 Å². The topological polar surface area (TPSA) is 15.3 Å². The zero-order chi connectivity index (χ0) is 12.3. The number of likely N-dealkylation sites (tertiary alicyclic amines) is 1. The highest BCUT2D eigenvalue weighted by Gasteiger charge is 2.18. The summed E-state index contributed by atoms with van der Waals surface area (Å²) in [6, 6.07) is 6.61. The molecule has 4 heteroatoms. The zero-order valence-electron chi connectivity index (χ0n) is 9.95. The Morgan fingerprint density at radius 1 is 1.47 bits per heavy atom. The molecule has 17 heavy (non-hydrogen) atoms. The molecule has 1 aromatic carbocycles. The van der Waals surface area contributed by atoms with Gasteiger partial charge in [0.05, 0.1) is 5.69 Å². The predicted molar refractivity (Wildman–Crippen MR) is 72.6 cm³/mol. The van der Waals surface area contributed by atoms with Gasteiger partial charge in [0.1, 0.15) is 5.82 Å². The second kappa shape index (κ2) is 5.45. The van der Waals surface area contributed by atoms with E-state index in [-0.39, 0.29) is 5.82 Å². The van der Waals surface area contributed by atoms with Gasteiger partial charge in [0.15, 0.2) is 5.11 Å². The van der Waals surface area contributed by atoms with Crippen molar-refractivity contribution < 1.29 is 4.39 Å². The highest BCUT2D eigenvalue weighted by Crippen LogP contribution is 2.18. The van der Waals surface area contributed by atoms with Crippen LogP contribution in [0.15, 0.2) is 24.3 Å². The van der Waals surface area contributed by atoms with Crippen molar-refractivity contribution in [3.8, 4) is 0 Å². The Labute approximate surface area is 107 Å². The molecule has 1 aliphatic rings. The lowest BCUT2D eigenvalue weighted by atomic mass is 10.0. The van der Waals surface area contributed by atoms with Crippen LogP contribution < -0.4 is 5.32 Å². The van der Waals surface area contributed by atoms with E-state index in [9.17, 15) is 4.39 Å². The van der Waals surface area contributed by atoms with E-state index in [1.165, 1.54) is 12.5 Å². The lowest BCUT2D eigenvalue weighted by molar-refractivity contribution is 0.276. The number of piperidine rings is 1. The molecule has 0 saturated carbocycles. The summed E-state index contributed by atoms with van der Waals surface area (Å²) in [6.45, 7) is 4.14. The number of para-hydroxylation sites is 1. The number of nitrogens with one attached hydrogen (secondary N) is 1. The van der Waals surface area contributed by atoms with Crippen molar-refractivity contribution in [3.05, 3.63) is 30.1 Å². The van der Waals surface area contributed by atoms with E-state index in [1.54, 1.807) is 18.2 Å². The van der Waals surface area contributed by atoms with Crippen molar-refractivity contribution in [2.24, 2.45) is 5.92 Å². The minimum absolute atomic E-state index is 0.264. The monoisotopic (exact) mass is 252 g/mol. The molecule has 1 N–H and O–H groups in total. The maximum atomic E-state index is 13.5. The van der Waals surface area contributed by atoms with E-state index in [0.29, 0.717) is 16.7 Å². The first-order valence-corrected chi connectivity index (χ1v) is 6.38. The maximum Gasteiger partial charge on any atom is 0.173 e. The van der Waals surface area contributed by atoms with Crippen LogP contribution in [0.3, 0.4) is 0 Å². The summed E-state index contributed by atoms with van der Waals surface area (Å²) in [5, 5.41) is 3.61. The Bertz CT molecular complexity index is 408. The van der Waals surface area contributed by atoms with Crippen molar-refractivity contribution in [1.29, 1.82) is 0 Å². The van der Waals surface area contributed by atoms with Crippen LogP contribution in [0.1, 0.15) is 19.8 Å². The van der Waals surface area contributed by atoms with Gasteiger partial charge in [0.25, 0.3) is 0 Å². The SMILES string of the molecule is C[C@H]1CCCN(C(=S)Nc2ccccc2F)C1. The van der Waals surface area contributed by atoms with Crippen molar-refractivity contribution in [2.45, 2.75) is 19.8 Å². The Hall–Kier alpha value is -1.16. The van der Waals surface area contributed by atoms with Crippen LogP contribution in [0.4, 0.5) is 10.1 Å². The summed E-state index contributed by atoms with van der Waals surface area (Å²) >= 11 is 5.32. The minimum Gasteiger partial charge on any atom is -0.349 e. The molecule has 1 saturated heterocycles. The van der Waals surface area contributed by atoms with E-state index in [1.807, 2.05) is 0 Å². The third kappa shape index (κ3) is 3.16. The van der Waals surface area contributed by atoms with Crippen LogP contribution in [-0.4, -0.2) is 23.1 Å². The van der Waals surface area contributed by atoms with Crippen LogP contribution in [0.25, 0.3) is 0 Å². The van der Waals surface area contributed by atoms with Gasteiger partial charge >= 0.3 is 0 Å². The second-order valence-corrected chi connectivity index (χ2v) is 4.99. The third-order valence-corrected chi connectivity index (χ3v) is 3.42. The molecule has 0 bridgehead atoms. The van der Waals surface area contributed by atoms with Gasteiger partial charge in [-0.3, -0.25) is 0 Å². The van der Waals surface area contributed by atoms with Crippen molar-refractivity contribution in [2.75, 3.05) is 18.4 Å². The molecular formula is C13H17FN2S. The molecule has 0 radical (unpaired) electrons. The number of hydrogen-bond acceptors (Lipinski definition) is 1. The van der Waals surface area contributed by atoms with Gasteiger partial charge in [0.2, 0.25) is 0 Å². The Morgan fingerprint density at radius 3 is 2.94 bits per heavy atom. The predicted octanol–water partition coefficient (Wildman–Crippen LogP) is 3.25. The van der Waals surface area contributed by atoms with Crippen LogP contribution in [0.2, 0.25) is 0 Å². The van der Waals surface area contributed by atoms with E-state index in [0.717, 1.165) is 19.5 Å². The van der Waals surface area contributed by atoms with E-state index in [4.69, 9.17) is 12.2 Å². The van der Waals surface area contributed by atoms with Gasteiger partial charge < -0.3 is 10.2 Å². The molecule has 2 nitrogen and oxygen atoms in total. The third-order valence-electron chi connectivity index (χ3n) is 3.06. The van der Waals surface area contributed by atoms with Crippen molar-refractivity contribution in [3.63, 3.8) is 0 Å².